The number of thioether (sulfide) groups is 1. The summed E-state index contributed by atoms with van der Waals surface area (Å²) in [6.07, 6.45) is 2.30. The highest BCUT2D eigenvalue weighted by molar-refractivity contribution is 7.99. The van der Waals surface area contributed by atoms with Crippen molar-refractivity contribution < 1.29 is 9.53 Å². The Morgan fingerprint density at radius 1 is 1.19 bits per heavy atom. The van der Waals surface area contributed by atoms with E-state index in [0.717, 1.165) is 67.1 Å². The van der Waals surface area contributed by atoms with Gasteiger partial charge in [0.05, 0.1) is 19.0 Å². The molecule has 1 saturated heterocycles. The van der Waals surface area contributed by atoms with Crippen molar-refractivity contribution in [3.8, 4) is 0 Å². The molecule has 1 saturated carbocycles. The summed E-state index contributed by atoms with van der Waals surface area (Å²) >= 11 is 1.46. The standard InChI is InChI=1S/C19H25N5O2S/c1-13-9-14(2)11-15(10-13)20-17(25)12-27-19-22-21-18(24(19)16-3-4-16)23-5-7-26-8-6-23/h9-11,16H,3-8,12H2,1-2H3,(H,20,25). The lowest BCUT2D eigenvalue weighted by Gasteiger charge is -2.27. The van der Waals surface area contributed by atoms with Gasteiger partial charge < -0.3 is 15.0 Å². The van der Waals surface area contributed by atoms with Crippen molar-refractivity contribution in [3.63, 3.8) is 0 Å². The zero-order valence-corrected chi connectivity index (χ0v) is 16.6. The lowest BCUT2D eigenvalue weighted by molar-refractivity contribution is -0.113. The fraction of sp³-hybridized carbons (Fsp3) is 0.526. The number of hydrogen-bond acceptors (Lipinski definition) is 6. The summed E-state index contributed by atoms with van der Waals surface area (Å²) in [6, 6.07) is 6.52. The van der Waals surface area contributed by atoms with Crippen LogP contribution in [0.1, 0.15) is 30.0 Å². The second kappa shape index (κ2) is 7.90. The van der Waals surface area contributed by atoms with Gasteiger partial charge >= 0.3 is 0 Å². The summed E-state index contributed by atoms with van der Waals surface area (Å²) in [5, 5.41) is 12.6. The maximum Gasteiger partial charge on any atom is 0.234 e. The number of carbonyl (C=O) groups is 1. The van der Waals surface area contributed by atoms with Crippen molar-refractivity contribution in [2.24, 2.45) is 0 Å². The summed E-state index contributed by atoms with van der Waals surface area (Å²) in [5.41, 5.74) is 3.12. The van der Waals surface area contributed by atoms with E-state index < -0.39 is 0 Å². The first-order valence-electron chi connectivity index (χ1n) is 9.39. The van der Waals surface area contributed by atoms with E-state index in [0.29, 0.717) is 11.8 Å². The van der Waals surface area contributed by atoms with Gasteiger partial charge in [-0.2, -0.15) is 0 Å². The molecule has 1 amide bonds. The highest BCUT2D eigenvalue weighted by Crippen LogP contribution is 2.41. The molecular weight excluding hydrogens is 362 g/mol. The fourth-order valence-corrected chi connectivity index (χ4v) is 4.17. The third kappa shape index (κ3) is 4.44. The molecule has 1 N–H and O–H groups in total. The lowest BCUT2D eigenvalue weighted by Crippen LogP contribution is -2.38. The van der Waals surface area contributed by atoms with E-state index in [4.69, 9.17) is 4.74 Å². The minimum absolute atomic E-state index is 0.0248. The summed E-state index contributed by atoms with van der Waals surface area (Å²) in [4.78, 5) is 14.6. The molecular formula is C19H25N5O2S. The Hall–Kier alpha value is -2.06. The molecule has 1 aromatic carbocycles. The number of carbonyl (C=O) groups excluding carboxylic acids is 1. The number of aromatic nitrogens is 3. The Labute approximate surface area is 163 Å². The van der Waals surface area contributed by atoms with Gasteiger partial charge in [-0.05, 0) is 49.9 Å². The van der Waals surface area contributed by atoms with E-state index in [1.807, 2.05) is 26.0 Å². The summed E-state index contributed by atoms with van der Waals surface area (Å²) in [5.74, 6) is 1.21. The SMILES string of the molecule is Cc1cc(C)cc(NC(=O)CSc2nnc(N3CCOCC3)n2C2CC2)c1. The van der Waals surface area contributed by atoms with Crippen molar-refractivity contribution in [2.75, 3.05) is 42.3 Å². The second-order valence-corrected chi connectivity index (χ2v) is 8.14. The van der Waals surface area contributed by atoms with Crippen molar-refractivity contribution in [1.29, 1.82) is 0 Å². The Kier molecular flexibility index (Phi) is 5.36. The number of nitrogens with zero attached hydrogens (tertiary/aromatic N) is 4. The number of ether oxygens (including phenoxy) is 1. The Morgan fingerprint density at radius 3 is 2.56 bits per heavy atom. The Bertz CT molecular complexity index is 807. The van der Waals surface area contributed by atoms with Crippen LogP contribution in [0.5, 0.6) is 0 Å². The van der Waals surface area contributed by atoms with Gasteiger partial charge in [0.25, 0.3) is 0 Å². The van der Waals surface area contributed by atoms with Gasteiger partial charge in [-0.1, -0.05) is 17.8 Å². The lowest BCUT2D eigenvalue weighted by atomic mass is 10.1. The topological polar surface area (TPSA) is 72.3 Å². The molecule has 1 aromatic heterocycles. The smallest absolute Gasteiger partial charge is 0.234 e. The van der Waals surface area contributed by atoms with Gasteiger partial charge in [0.15, 0.2) is 5.16 Å². The molecule has 1 aliphatic heterocycles. The predicted molar refractivity (Wildman–Crippen MR) is 107 cm³/mol. The molecule has 2 fully saturated rings. The predicted octanol–water partition coefficient (Wildman–Crippen LogP) is 2.80. The number of amides is 1. The highest BCUT2D eigenvalue weighted by atomic mass is 32.2. The molecule has 144 valence electrons. The second-order valence-electron chi connectivity index (χ2n) is 7.20. The molecule has 0 unspecified atom stereocenters. The number of aryl methyl sites for hydroxylation is 2. The van der Waals surface area contributed by atoms with E-state index in [1.165, 1.54) is 11.8 Å². The molecule has 1 aliphatic carbocycles. The van der Waals surface area contributed by atoms with Crippen LogP contribution in [0, 0.1) is 13.8 Å². The number of rotatable bonds is 6. The first-order valence-corrected chi connectivity index (χ1v) is 10.4. The van der Waals surface area contributed by atoms with Gasteiger partial charge in [-0.15, -0.1) is 10.2 Å². The average Bonchev–Trinajstić information content (AvgIpc) is 3.39. The molecule has 0 spiro atoms. The van der Waals surface area contributed by atoms with Crippen molar-refractivity contribution in [1.82, 2.24) is 14.8 Å². The molecule has 2 aliphatic rings. The molecule has 0 bridgehead atoms. The largest absolute Gasteiger partial charge is 0.378 e. The minimum Gasteiger partial charge on any atom is -0.378 e. The molecule has 8 heteroatoms. The zero-order valence-electron chi connectivity index (χ0n) is 15.8. The van der Waals surface area contributed by atoms with E-state index in [9.17, 15) is 4.79 Å². The van der Waals surface area contributed by atoms with Crippen LogP contribution in [-0.4, -0.2) is 52.7 Å². The van der Waals surface area contributed by atoms with Crippen LogP contribution in [0.25, 0.3) is 0 Å². The monoisotopic (exact) mass is 387 g/mol. The molecule has 7 nitrogen and oxygen atoms in total. The first-order chi connectivity index (χ1) is 13.1. The third-order valence-corrected chi connectivity index (χ3v) is 5.63. The quantitative estimate of drug-likeness (QED) is 0.769. The molecule has 2 heterocycles. The number of nitrogens with one attached hydrogen (secondary N) is 1. The van der Waals surface area contributed by atoms with Gasteiger partial charge in [0.1, 0.15) is 0 Å². The van der Waals surface area contributed by atoms with E-state index in [-0.39, 0.29) is 5.91 Å². The molecule has 27 heavy (non-hydrogen) atoms. The van der Waals surface area contributed by atoms with E-state index >= 15 is 0 Å². The van der Waals surface area contributed by atoms with Gasteiger partial charge in [0, 0.05) is 24.8 Å². The number of morpholine rings is 1. The molecule has 2 aromatic rings. The Morgan fingerprint density at radius 2 is 1.89 bits per heavy atom. The van der Waals surface area contributed by atoms with Crippen LogP contribution < -0.4 is 10.2 Å². The zero-order chi connectivity index (χ0) is 18.8. The van der Waals surface area contributed by atoms with Crippen LogP contribution in [0.3, 0.4) is 0 Å². The summed E-state index contributed by atoms with van der Waals surface area (Å²) < 4.78 is 7.65. The fourth-order valence-electron chi connectivity index (χ4n) is 3.37. The number of benzene rings is 1. The van der Waals surface area contributed by atoms with Crippen LogP contribution in [-0.2, 0) is 9.53 Å². The maximum absolute atomic E-state index is 12.4. The van der Waals surface area contributed by atoms with Crippen LogP contribution in [0.4, 0.5) is 11.6 Å². The number of hydrogen-bond donors (Lipinski definition) is 1. The molecule has 4 rings (SSSR count). The third-order valence-electron chi connectivity index (χ3n) is 4.69. The molecule has 0 atom stereocenters. The van der Waals surface area contributed by atoms with Gasteiger partial charge in [-0.3, -0.25) is 9.36 Å². The highest BCUT2D eigenvalue weighted by Gasteiger charge is 2.32. The summed E-state index contributed by atoms with van der Waals surface area (Å²) in [6.45, 7) is 7.17. The van der Waals surface area contributed by atoms with Crippen LogP contribution in [0.2, 0.25) is 0 Å². The van der Waals surface area contributed by atoms with E-state index in [2.05, 4.69) is 31.0 Å². The van der Waals surface area contributed by atoms with Crippen molar-refractivity contribution in [3.05, 3.63) is 29.3 Å². The van der Waals surface area contributed by atoms with Crippen LogP contribution in [0.15, 0.2) is 23.4 Å². The molecule has 0 radical (unpaired) electrons. The van der Waals surface area contributed by atoms with E-state index in [1.54, 1.807) is 0 Å². The normalized spacial score (nSPS) is 17.2. The number of anilines is 2. The minimum atomic E-state index is -0.0248. The van der Waals surface area contributed by atoms with Gasteiger partial charge in [0.2, 0.25) is 11.9 Å². The van der Waals surface area contributed by atoms with Crippen molar-refractivity contribution >= 4 is 29.3 Å². The maximum atomic E-state index is 12.4. The summed E-state index contributed by atoms with van der Waals surface area (Å²) in [7, 11) is 0. The van der Waals surface area contributed by atoms with Gasteiger partial charge in [-0.25, -0.2) is 0 Å². The Balaban J connectivity index is 1.42. The van der Waals surface area contributed by atoms with Crippen LogP contribution >= 0.6 is 11.8 Å². The average molecular weight is 388 g/mol. The first kappa shape index (κ1) is 18.3. The van der Waals surface area contributed by atoms with Crippen molar-refractivity contribution in [2.45, 2.75) is 37.9 Å².